The molecule has 0 spiro atoms. The fourth-order valence-electron chi connectivity index (χ4n) is 9.89. The molecule has 10 aromatic carbocycles. The van der Waals surface area contributed by atoms with Crippen molar-refractivity contribution in [1.82, 2.24) is 19.1 Å². The molecule has 298 valence electrons. The lowest BCUT2D eigenvalue weighted by Gasteiger charge is -2.12. The van der Waals surface area contributed by atoms with Gasteiger partial charge in [0.2, 0.25) is 5.95 Å². The Morgan fingerprint density at radius 2 is 0.781 bits per heavy atom. The average molecular weight is 815 g/mol. The maximum absolute atomic E-state index is 5.44. The molecule has 0 unspecified atom stereocenters. The maximum Gasteiger partial charge on any atom is 0.235 e. The fourth-order valence-corrected chi connectivity index (χ4v) is 9.89. The highest BCUT2D eigenvalue weighted by Crippen LogP contribution is 2.41. The first-order valence-corrected chi connectivity index (χ1v) is 21.8. The molecule has 0 radical (unpaired) electrons. The molecule has 13 aromatic rings. The van der Waals surface area contributed by atoms with Gasteiger partial charge in [-0.05, 0) is 98.8 Å². The van der Waals surface area contributed by atoms with Crippen molar-refractivity contribution in [3.8, 4) is 56.3 Å². The van der Waals surface area contributed by atoms with Crippen molar-refractivity contribution in [2.24, 2.45) is 0 Å². The number of aromatic nitrogens is 4. The summed E-state index contributed by atoms with van der Waals surface area (Å²) in [7, 11) is 0. The van der Waals surface area contributed by atoms with Crippen molar-refractivity contribution in [2.45, 2.75) is 0 Å². The van der Waals surface area contributed by atoms with Gasteiger partial charge in [-0.1, -0.05) is 176 Å². The van der Waals surface area contributed by atoms with E-state index in [9.17, 15) is 0 Å². The van der Waals surface area contributed by atoms with Crippen molar-refractivity contribution >= 4 is 65.3 Å². The second kappa shape index (κ2) is 14.5. The van der Waals surface area contributed by atoms with Gasteiger partial charge in [0.25, 0.3) is 0 Å². The topological polar surface area (TPSA) is 35.6 Å². The summed E-state index contributed by atoms with van der Waals surface area (Å²) in [5.74, 6) is 0.648. The van der Waals surface area contributed by atoms with Gasteiger partial charge in [-0.15, -0.1) is 0 Å². The summed E-state index contributed by atoms with van der Waals surface area (Å²) in [5.41, 5.74) is 15.6. The van der Waals surface area contributed by atoms with Gasteiger partial charge < -0.3 is 4.57 Å². The molecule has 4 nitrogen and oxygen atoms in total. The molecule has 3 aromatic heterocycles. The van der Waals surface area contributed by atoms with E-state index in [0.29, 0.717) is 5.95 Å². The van der Waals surface area contributed by atoms with E-state index in [1.54, 1.807) is 0 Å². The van der Waals surface area contributed by atoms with Crippen molar-refractivity contribution in [3.63, 3.8) is 0 Å². The minimum absolute atomic E-state index is 0.648. The predicted octanol–water partition coefficient (Wildman–Crippen LogP) is 15.6. The number of nitrogens with zero attached hydrogens (tertiary/aromatic N) is 4. The molecule has 13 rings (SSSR count). The molecule has 0 saturated heterocycles. The fraction of sp³-hybridized carbons (Fsp3) is 0. The Morgan fingerprint density at radius 3 is 1.50 bits per heavy atom. The number of para-hydroxylation sites is 2. The lowest BCUT2D eigenvalue weighted by Crippen LogP contribution is -2.03. The summed E-state index contributed by atoms with van der Waals surface area (Å²) in [6.07, 6.45) is 0. The quantitative estimate of drug-likeness (QED) is 0.168. The van der Waals surface area contributed by atoms with Crippen LogP contribution in [0.3, 0.4) is 0 Å². The molecule has 0 bridgehead atoms. The van der Waals surface area contributed by atoms with E-state index in [-0.39, 0.29) is 0 Å². The molecule has 64 heavy (non-hydrogen) atoms. The zero-order valence-corrected chi connectivity index (χ0v) is 34.7. The van der Waals surface area contributed by atoms with E-state index in [0.717, 1.165) is 49.8 Å². The largest absolute Gasteiger partial charge is 0.309 e. The summed E-state index contributed by atoms with van der Waals surface area (Å²) in [6.45, 7) is 0. The Bertz CT molecular complexity index is 3920. The molecule has 0 amide bonds. The highest BCUT2D eigenvalue weighted by atomic mass is 15.2. The third-order valence-corrected chi connectivity index (χ3v) is 13.0. The van der Waals surface area contributed by atoms with Crippen molar-refractivity contribution in [2.75, 3.05) is 0 Å². The molecule has 0 N–H and O–H groups in total. The van der Waals surface area contributed by atoms with Crippen LogP contribution >= 0.6 is 0 Å². The summed E-state index contributed by atoms with van der Waals surface area (Å²) in [4.78, 5) is 10.7. The van der Waals surface area contributed by atoms with E-state index in [4.69, 9.17) is 9.97 Å². The molecule has 3 heterocycles. The summed E-state index contributed by atoms with van der Waals surface area (Å²) in [5, 5.41) is 8.23. The van der Waals surface area contributed by atoms with E-state index in [1.165, 1.54) is 65.8 Å². The van der Waals surface area contributed by atoms with Gasteiger partial charge in [-0.3, -0.25) is 4.57 Å². The van der Waals surface area contributed by atoms with Gasteiger partial charge in [-0.25, -0.2) is 9.97 Å². The molecule has 0 fully saturated rings. The molecule has 0 aliphatic rings. The molecule has 0 aliphatic heterocycles. The van der Waals surface area contributed by atoms with Crippen LogP contribution < -0.4 is 0 Å². The van der Waals surface area contributed by atoms with E-state index in [2.05, 4.69) is 240 Å². The number of hydrogen-bond acceptors (Lipinski definition) is 2. The highest BCUT2D eigenvalue weighted by molar-refractivity contribution is 6.22. The minimum atomic E-state index is 0.648. The van der Waals surface area contributed by atoms with Gasteiger partial charge in [0, 0.05) is 38.2 Å². The zero-order chi connectivity index (χ0) is 42.1. The molecular formula is C60H38N4. The SMILES string of the molecule is c1ccc(-c2ccc(-c3nc(-n4c5ccc(-c6ccc7c(c6)c6ccccc6n7-c6ccc(-c7ccccc7)cc6)cc5c5c6ccccc6ccc54)nc4ccccc34)cc2)cc1. The van der Waals surface area contributed by atoms with E-state index >= 15 is 0 Å². The molecule has 0 atom stereocenters. The third-order valence-electron chi connectivity index (χ3n) is 13.0. The Hall–Kier alpha value is -8.60. The standard InChI is InChI=1S/C60H38N4/c1-3-13-39(14-4-1)41-23-25-44(26-24-41)59-50-20-9-11-21-53(50)61-60(62-59)64-56-35-31-46(38-52(56)58-48-18-8-7-17-43(48)29-36-57(58)64)45-30-34-55-51(37-45)49-19-10-12-22-54(49)63(55)47-32-27-42(28-33-47)40-15-5-2-6-16-40/h1-38H. The first-order valence-electron chi connectivity index (χ1n) is 21.8. The number of benzene rings is 10. The normalized spacial score (nSPS) is 11.8. The first-order chi connectivity index (χ1) is 31.7. The van der Waals surface area contributed by atoms with Crippen LogP contribution in [-0.4, -0.2) is 19.1 Å². The highest BCUT2D eigenvalue weighted by Gasteiger charge is 2.20. The van der Waals surface area contributed by atoms with Gasteiger partial charge in [0.1, 0.15) is 0 Å². The lowest BCUT2D eigenvalue weighted by molar-refractivity contribution is 1.01. The monoisotopic (exact) mass is 814 g/mol. The third kappa shape index (κ3) is 5.77. The smallest absolute Gasteiger partial charge is 0.235 e. The van der Waals surface area contributed by atoms with Crippen LogP contribution in [0.4, 0.5) is 0 Å². The summed E-state index contributed by atoms with van der Waals surface area (Å²) < 4.78 is 4.65. The number of fused-ring (bicyclic) bond motifs is 9. The summed E-state index contributed by atoms with van der Waals surface area (Å²) in [6, 6.07) is 82.8. The Kier molecular flexibility index (Phi) is 8.18. The average Bonchev–Trinajstić information content (AvgIpc) is 3.89. The minimum Gasteiger partial charge on any atom is -0.309 e. The maximum atomic E-state index is 5.44. The lowest BCUT2D eigenvalue weighted by atomic mass is 9.99. The van der Waals surface area contributed by atoms with Gasteiger partial charge in [0.05, 0.1) is 33.3 Å². The molecular weight excluding hydrogens is 777 g/mol. The Balaban J connectivity index is 0.979. The van der Waals surface area contributed by atoms with Gasteiger partial charge in [0.15, 0.2) is 0 Å². The van der Waals surface area contributed by atoms with Crippen LogP contribution in [0, 0.1) is 0 Å². The van der Waals surface area contributed by atoms with E-state index in [1.807, 2.05) is 0 Å². The van der Waals surface area contributed by atoms with E-state index < -0.39 is 0 Å². The van der Waals surface area contributed by atoms with Gasteiger partial charge >= 0.3 is 0 Å². The summed E-state index contributed by atoms with van der Waals surface area (Å²) >= 11 is 0. The van der Waals surface area contributed by atoms with Crippen LogP contribution in [0.1, 0.15) is 0 Å². The molecule has 4 heteroatoms. The van der Waals surface area contributed by atoms with Crippen LogP contribution in [0.2, 0.25) is 0 Å². The second-order valence-electron chi connectivity index (χ2n) is 16.6. The van der Waals surface area contributed by atoms with Crippen molar-refractivity contribution < 1.29 is 0 Å². The Morgan fingerprint density at radius 1 is 0.281 bits per heavy atom. The molecule has 0 aliphatic carbocycles. The van der Waals surface area contributed by atoms with Crippen LogP contribution in [0.15, 0.2) is 231 Å². The van der Waals surface area contributed by atoms with Crippen molar-refractivity contribution in [1.29, 1.82) is 0 Å². The second-order valence-corrected chi connectivity index (χ2v) is 16.6. The predicted molar refractivity (Wildman–Crippen MR) is 267 cm³/mol. The van der Waals surface area contributed by atoms with Gasteiger partial charge in [-0.2, -0.15) is 0 Å². The zero-order valence-electron chi connectivity index (χ0n) is 34.7. The Labute approximate surface area is 369 Å². The number of hydrogen-bond donors (Lipinski definition) is 0. The molecule has 0 saturated carbocycles. The van der Waals surface area contributed by atoms with Crippen LogP contribution in [0.25, 0.3) is 122 Å². The number of rotatable bonds is 6. The van der Waals surface area contributed by atoms with Crippen LogP contribution in [0.5, 0.6) is 0 Å². The first kappa shape index (κ1) is 36.1. The van der Waals surface area contributed by atoms with Crippen molar-refractivity contribution in [3.05, 3.63) is 231 Å². The van der Waals surface area contributed by atoms with Crippen LogP contribution in [-0.2, 0) is 0 Å².